The van der Waals surface area contributed by atoms with Crippen molar-refractivity contribution in [3.8, 4) is 5.75 Å². The lowest BCUT2D eigenvalue weighted by Gasteiger charge is -2.23. The van der Waals surface area contributed by atoms with E-state index in [1.807, 2.05) is 32.3 Å². The van der Waals surface area contributed by atoms with Gasteiger partial charge in [0, 0.05) is 39.0 Å². The number of carbonyl (C=O) groups excluding carboxylic acids is 1. The second kappa shape index (κ2) is 9.03. The number of rotatable bonds is 9. The van der Waals surface area contributed by atoms with Crippen molar-refractivity contribution < 1.29 is 14.3 Å². The van der Waals surface area contributed by atoms with Gasteiger partial charge in [0.15, 0.2) is 0 Å². The zero-order valence-corrected chi connectivity index (χ0v) is 15.1. The van der Waals surface area contributed by atoms with Gasteiger partial charge in [0.25, 0.3) is 5.91 Å². The number of carbonyl (C=O) groups is 1. The third-order valence-corrected chi connectivity index (χ3v) is 3.58. The molecule has 0 saturated heterocycles. The van der Waals surface area contributed by atoms with Gasteiger partial charge in [-0.25, -0.2) is 0 Å². The largest absolute Gasteiger partial charge is 0.488 e. The summed E-state index contributed by atoms with van der Waals surface area (Å²) < 4.78 is 12.6. The number of amides is 1. The number of methoxy groups -OCH3 is 1. The van der Waals surface area contributed by atoms with Crippen molar-refractivity contribution >= 4 is 5.91 Å². The Labute approximate surface area is 148 Å². The van der Waals surface area contributed by atoms with E-state index in [-0.39, 0.29) is 5.91 Å². The molecule has 0 atom stereocenters. The SMILES string of the molecule is C=C(C)COc1ccccc1C(=O)N(CCOC)Cc1cnn(C)c1. The van der Waals surface area contributed by atoms with Gasteiger partial charge in [0.2, 0.25) is 0 Å². The molecule has 0 aliphatic heterocycles. The van der Waals surface area contributed by atoms with Gasteiger partial charge >= 0.3 is 0 Å². The highest BCUT2D eigenvalue weighted by atomic mass is 16.5. The van der Waals surface area contributed by atoms with Crippen molar-refractivity contribution in [2.75, 3.05) is 26.9 Å². The van der Waals surface area contributed by atoms with Crippen LogP contribution in [0.4, 0.5) is 0 Å². The molecule has 1 aromatic heterocycles. The van der Waals surface area contributed by atoms with E-state index in [1.165, 1.54) is 0 Å². The Bertz CT molecular complexity index is 724. The highest BCUT2D eigenvalue weighted by molar-refractivity contribution is 5.96. The fraction of sp³-hybridized carbons (Fsp3) is 0.368. The first kappa shape index (κ1) is 18.7. The van der Waals surface area contributed by atoms with Crippen molar-refractivity contribution in [3.63, 3.8) is 0 Å². The van der Waals surface area contributed by atoms with Crippen LogP contribution in [-0.4, -0.2) is 47.5 Å². The number of aromatic nitrogens is 2. The predicted octanol–water partition coefficient (Wildman–Crippen LogP) is 2.66. The summed E-state index contributed by atoms with van der Waals surface area (Å²) in [7, 11) is 3.47. The number of benzene rings is 1. The predicted molar refractivity (Wildman–Crippen MR) is 96.6 cm³/mol. The number of hydrogen-bond donors (Lipinski definition) is 0. The maximum Gasteiger partial charge on any atom is 0.258 e. The van der Waals surface area contributed by atoms with Crippen molar-refractivity contribution in [3.05, 3.63) is 59.9 Å². The van der Waals surface area contributed by atoms with Gasteiger partial charge in [0.1, 0.15) is 12.4 Å². The maximum atomic E-state index is 13.1. The summed E-state index contributed by atoms with van der Waals surface area (Å²) in [5.74, 6) is 0.460. The first-order valence-electron chi connectivity index (χ1n) is 8.13. The molecule has 0 bridgehead atoms. The monoisotopic (exact) mass is 343 g/mol. The lowest BCUT2D eigenvalue weighted by Crippen LogP contribution is -2.33. The molecule has 0 fully saturated rings. The van der Waals surface area contributed by atoms with Crippen LogP contribution in [0.25, 0.3) is 0 Å². The molecule has 2 rings (SSSR count). The molecule has 0 spiro atoms. The van der Waals surface area contributed by atoms with Crippen molar-refractivity contribution in [1.29, 1.82) is 0 Å². The van der Waals surface area contributed by atoms with E-state index < -0.39 is 0 Å². The Morgan fingerprint density at radius 2 is 2.12 bits per heavy atom. The highest BCUT2D eigenvalue weighted by Gasteiger charge is 2.20. The molecule has 134 valence electrons. The third kappa shape index (κ3) is 5.46. The van der Waals surface area contributed by atoms with Crippen LogP contribution in [0, 0.1) is 0 Å². The Morgan fingerprint density at radius 3 is 2.76 bits per heavy atom. The van der Waals surface area contributed by atoms with Crippen molar-refractivity contribution in [2.24, 2.45) is 7.05 Å². The van der Waals surface area contributed by atoms with Crippen LogP contribution >= 0.6 is 0 Å². The van der Waals surface area contributed by atoms with Gasteiger partial charge in [-0.15, -0.1) is 0 Å². The average molecular weight is 343 g/mol. The topological polar surface area (TPSA) is 56.6 Å². The molecule has 0 radical (unpaired) electrons. The molecule has 25 heavy (non-hydrogen) atoms. The van der Waals surface area contributed by atoms with Crippen LogP contribution in [-0.2, 0) is 18.3 Å². The smallest absolute Gasteiger partial charge is 0.258 e. The summed E-state index contributed by atoms with van der Waals surface area (Å²) in [6.45, 7) is 7.51. The van der Waals surface area contributed by atoms with Crippen LogP contribution in [0.1, 0.15) is 22.8 Å². The summed E-state index contributed by atoms with van der Waals surface area (Å²) in [6, 6.07) is 7.26. The molecule has 1 amide bonds. The summed E-state index contributed by atoms with van der Waals surface area (Å²) >= 11 is 0. The van der Waals surface area contributed by atoms with Crippen molar-refractivity contribution in [1.82, 2.24) is 14.7 Å². The van der Waals surface area contributed by atoms with Gasteiger partial charge in [-0.1, -0.05) is 18.7 Å². The van der Waals surface area contributed by atoms with Crippen LogP contribution in [0.15, 0.2) is 48.8 Å². The van der Waals surface area contributed by atoms with E-state index in [1.54, 1.807) is 35.0 Å². The minimum Gasteiger partial charge on any atom is -0.488 e. The Hall–Kier alpha value is -2.60. The molecule has 6 heteroatoms. The number of aryl methyl sites for hydroxylation is 1. The third-order valence-electron chi connectivity index (χ3n) is 3.58. The molecular weight excluding hydrogens is 318 g/mol. The fourth-order valence-electron chi connectivity index (χ4n) is 2.37. The Kier molecular flexibility index (Phi) is 6.77. The van der Waals surface area contributed by atoms with Crippen LogP contribution in [0.3, 0.4) is 0 Å². The van der Waals surface area contributed by atoms with E-state index in [4.69, 9.17) is 9.47 Å². The van der Waals surface area contributed by atoms with E-state index in [0.29, 0.717) is 37.6 Å². The van der Waals surface area contributed by atoms with Gasteiger partial charge in [-0.05, 0) is 24.6 Å². The summed E-state index contributed by atoms with van der Waals surface area (Å²) in [5.41, 5.74) is 2.39. The molecule has 0 N–H and O–H groups in total. The number of hydrogen-bond acceptors (Lipinski definition) is 4. The number of ether oxygens (including phenoxy) is 2. The molecule has 6 nitrogen and oxygen atoms in total. The Morgan fingerprint density at radius 1 is 1.36 bits per heavy atom. The summed E-state index contributed by atoms with van der Waals surface area (Å²) in [6.07, 6.45) is 3.66. The van der Waals surface area contributed by atoms with Gasteiger partial charge in [-0.3, -0.25) is 9.48 Å². The summed E-state index contributed by atoms with van der Waals surface area (Å²) in [4.78, 5) is 14.8. The van der Waals surface area contributed by atoms with Crippen LogP contribution < -0.4 is 4.74 Å². The van der Waals surface area contributed by atoms with E-state index in [9.17, 15) is 4.79 Å². The minimum atomic E-state index is -0.0989. The standard InChI is InChI=1S/C19H25N3O3/c1-15(2)14-25-18-8-6-5-7-17(18)19(23)22(9-10-24-4)13-16-11-20-21(3)12-16/h5-8,11-12H,1,9-10,13-14H2,2-4H3. The molecule has 2 aromatic rings. The normalized spacial score (nSPS) is 10.5. The quantitative estimate of drug-likeness (QED) is 0.657. The lowest BCUT2D eigenvalue weighted by molar-refractivity contribution is 0.0676. The maximum absolute atomic E-state index is 13.1. The average Bonchev–Trinajstić information content (AvgIpc) is 3.01. The van der Waals surface area contributed by atoms with E-state index in [2.05, 4.69) is 11.7 Å². The molecule has 0 saturated carbocycles. The molecule has 1 heterocycles. The first-order valence-corrected chi connectivity index (χ1v) is 8.13. The fourth-order valence-corrected chi connectivity index (χ4v) is 2.37. The molecular formula is C19H25N3O3. The molecule has 0 unspecified atom stereocenters. The van der Waals surface area contributed by atoms with Crippen LogP contribution in [0.5, 0.6) is 5.75 Å². The molecule has 0 aliphatic rings. The minimum absolute atomic E-state index is 0.0989. The Balaban J connectivity index is 2.21. The van der Waals surface area contributed by atoms with Gasteiger partial charge in [-0.2, -0.15) is 5.10 Å². The second-order valence-electron chi connectivity index (χ2n) is 5.98. The van der Waals surface area contributed by atoms with Gasteiger partial charge < -0.3 is 14.4 Å². The van der Waals surface area contributed by atoms with Crippen molar-refractivity contribution in [2.45, 2.75) is 13.5 Å². The number of para-hydroxylation sites is 1. The second-order valence-corrected chi connectivity index (χ2v) is 5.98. The first-order chi connectivity index (χ1) is 12.0. The summed E-state index contributed by atoms with van der Waals surface area (Å²) in [5, 5.41) is 4.16. The zero-order valence-electron chi connectivity index (χ0n) is 15.1. The van der Waals surface area contributed by atoms with E-state index in [0.717, 1.165) is 11.1 Å². The highest BCUT2D eigenvalue weighted by Crippen LogP contribution is 2.21. The number of nitrogens with zero attached hydrogens (tertiary/aromatic N) is 3. The lowest BCUT2D eigenvalue weighted by atomic mass is 10.1. The van der Waals surface area contributed by atoms with Gasteiger partial charge in [0.05, 0.1) is 18.4 Å². The molecule has 0 aliphatic carbocycles. The zero-order chi connectivity index (χ0) is 18.2. The molecule has 1 aromatic carbocycles. The van der Waals surface area contributed by atoms with E-state index >= 15 is 0 Å². The van der Waals surface area contributed by atoms with Crippen LogP contribution in [0.2, 0.25) is 0 Å².